The van der Waals surface area contributed by atoms with Crippen LogP contribution >= 0.6 is 0 Å². The molecule has 0 saturated carbocycles. The first-order chi connectivity index (χ1) is 8.79. The standard InChI is InChI=1S/C11H16O2.C5H5.Fe/c1-3-4-6-9-7-5-8-10(9)11(12)13-2;1-2-4-5-3-1;/h5,7-8,12H,3-4,6H2,1-2H3;1-5H;/q;-1;/b11-10+;;. The second-order valence-electron chi connectivity index (χ2n) is 4.04. The maximum absolute atomic E-state index is 9.39. The third kappa shape index (κ3) is 6.42. The average Bonchev–Trinajstić information content (AvgIpc) is 3.08. The molecule has 0 unspecified atom stereocenters. The number of methoxy groups -OCH3 is 1. The molecule has 0 spiro atoms. The second-order valence-corrected chi connectivity index (χ2v) is 4.04. The van der Waals surface area contributed by atoms with E-state index in [0.29, 0.717) is 0 Å². The largest absolute Gasteiger partial charge is 0.481 e. The number of aliphatic hydroxyl groups is 1. The summed E-state index contributed by atoms with van der Waals surface area (Å²) in [7, 11) is 1.48. The average molecular weight is 301 g/mol. The zero-order valence-electron chi connectivity index (χ0n) is 11.4. The topological polar surface area (TPSA) is 29.5 Å². The van der Waals surface area contributed by atoms with Gasteiger partial charge in [-0.15, -0.1) is 0 Å². The van der Waals surface area contributed by atoms with Gasteiger partial charge in [0.15, 0.2) is 0 Å². The normalized spacial score (nSPS) is 14.9. The van der Waals surface area contributed by atoms with Gasteiger partial charge >= 0.3 is 0 Å². The predicted octanol–water partition coefficient (Wildman–Crippen LogP) is 4.49. The van der Waals surface area contributed by atoms with Crippen LogP contribution in [0.5, 0.6) is 0 Å². The van der Waals surface area contributed by atoms with Gasteiger partial charge in [0.2, 0.25) is 0 Å². The van der Waals surface area contributed by atoms with Gasteiger partial charge in [-0.2, -0.15) is 18.2 Å². The zero-order chi connectivity index (χ0) is 13.2. The number of rotatable bonds is 4. The van der Waals surface area contributed by atoms with Crippen LogP contribution in [0.1, 0.15) is 26.2 Å². The third-order valence-electron chi connectivity index (χ3n) is 2.69. The van der Waals surface area contributed by atoms with Crippen molar-refractivity contribution in [1.29, 1.82) is 0 Å². The van der Waals surface area contributed by atoms with E-state index < -0.39 is 0 Å². The van der Waals surface area contributed by atoms with Crippen molar-refractivity contribution in [3.63, 3.8) is 0 Å². The van der Waals surface area contributed by atoms with Crippen molar-refractivity contribution in [2.45, 2.75) is 26.2 Å². The predicted molar refractivity (Wildman–Crippen MR) is 75.4 cm³/mol. The monoisotopic (exact) mass is 301 g/mol. The van der Waals surface area contributed by atoms with Crippen molar-refractivity contribution in [1.82, 2.24) is 0 Å². The summed E-state index contributed by atoms with van der Waals surface area (Å²) in [6, 6.07) is 10.0. The van der Waals surface area contributed by atoms with Crippen LogP contribution in [0.2, 0.25) is 0 Å². The number of aliphatic hydroxyl groups excluding tert-OH is 1. The van der Waals surface area contributed by atoms with E-state index in [9.17, 15) is 5.11 Å². The third-order valence-corrected chi connectivity index (χ3v) is 2.69. The molecule has 3 heteroatoms. The molecular formula is C16H21FeO2-. The fraction of sp³-hybridized carbons (Fsp3) is 0.312. The molecule has 1 aromatic rings. The van der Waals surface area contributed by atoms with E-state index in [1.807, 2.05) is 48.6 Å². The second kappa shape index (κ2) is 10.6. The summed E-state index contributed by atoms with van der Waals surface area (Å²) in [6.07, 6.45) is 9.16. The number of allylic oxidation sites excluding steroid dienone is 5. The fourth-order valence-electron chi connectivity index (χ4n) is 1.68. The summed E-state index contributed by atoms with van der Waals surface area (Å²) < 4.78 is 4.79. The van der Waals surface area contributed by atoms with Gasteiger partial charge in [0, 0.05) is 17.1 Å². The SMILES string of the molecule is CCCCC1=CC=C/C1=C(/O)OC.[Fe].c1cc[cH-]c1. The van der Waals surface area contributed by atoms with Crippen LogP contribution < -0.4 is 0 Å². The van der Waals surface area contributed by atoms with Crippen LogP contribution in [-0.2, 0) is 21.8 Å². The molecule has 0 bridgehead atoms. The molecule has 0 heterocycles. The van der Waals surface area contributed by atoms with Crippen LogP contribution in [0.3, 0.4) is 0 Å². The van der Waals surface area contributed by atoms with Gasteiger partial charge in [-0.25, -0.2) is 12.1 Å². The minimum atomic E-state index is 0. The van der Waals surface area contributed by atoms with Gasteiger partial charge in [0.05, 0.1) is 12.7 Å². The summed E-state index contributed by atoms with van der Waals surface area (Å²) in [6.45, 7) is 2.16. The summed E-state index contributed by atoms with van der Waals surface area (Å²) in [4.78, 5) is 0. The first-order valence-electron chi connectivity index (χ1n) is 6.31. The quantitative estimate of drug-likeness (QED) is 0.504. The van der Waals surface area contributed by atoms with Crippen LogP contribution in [0, 0.1) is 0 Å². The Morgan fingerprint density at radius 1 is 1.32 bits per heavy atom. The summed E-state index contributed by atoms with van der Waals surface area (Å²) in [5.74, 6) is 0.0242. The molecule has 106 valence electrons. The van der Waals surface area contributed by atoms with Crippen molar-refractivity contribution in [2.75, 3.05) is 7.11 Å². The molecule has 0 saturated heterocycles. The van der Waals surface area contributed by atoms with Crippen LogP contribution in [0.25, 0.3) is 0 Å². The molecule has 2 nitrogen and oxygen atoms in total. The minimum absolute atomic E-state index is 0. The number of unbranched alkanes of at least 4 members (excludes halogenated alkanes) is 1. The maximum Gasteiger partial charge on any atom is 0.284 e. The smallest absolute Gasteiger partial charge is 0.284 e. The first-order valence-corrected chi connectivity index (χ1v) is 6.31. The molecule has 1 aliphatic carbocycles. The van der Waals surface area contributed by atoms with E-state index in [1.54, 1.807) is 0 Å². The Kier molecular flexibility index (Phi) is 9.87. The molecule has 0 radical (unpaired) electrons. The van der Waals surface area contributed by atoms with E-state index in [2.05, 4.69) is 6.92 Å². The molecule has 0 aromatic heterocycles. The molecule has 1 aliphatic rings. The molecule has 0 aliphatic heterocycles. The first kappa shape index (κ1) is 17.7. The Morgan fingerprint density at radius 3 is 2.47 bits per heavy atom. The fourth-order valence-corrected chi connectivity index (χ4v) is 1.68. The Labute approximate surface area is 126 Å². The molecule has 0 fully saturated rings. The van der Waals surface area contributed by atoms with Crippen LogP contribution in [0.4, 0.5) is 0 Å². The zero-order valence-corrected chi connectivity index (χ0v) is 12.6. The Hall–Kier alpha value is -1.31. The molecule has 1 N–H and O–H groups in total. The molecule has 19 heavy (non-hydrogen) atoms. The van der Waals surface area contributed by atoms with E-state index >= 15 is 0 Å². The Bertz CT molecular complexity index is 397. The van der Waals surface area contributed by atoms with Crippen molar-refractivity contribution in [3.05, 3.63) is 65.7 Å². The van der Waals surface area contributed by atoms with Crippen LogP contribution in [-0.4, -0.2) is 12.2 Å². The molecule has 2 rings (SSSR count). The summed E-state index contributed by atoms with van der Waals surface area (Å²) in [5.41, 5.74) is 2.00. The van der Waals surface area contributed by atoms with E-state index in [0.717, 1.165) is 18.4 Å². The Balaban J connectivity index is 0.000000454. The van der Waals surface area contributed by atoms with Crippen molar-refractivity contribution < 1.29 is 26.9 Å². The van der Waals surface area contributed by atoms with E-state index in [1.165, 1.54) is 19.1 Å². The van der Waals surface area contributed by atoms with Gasteiger partial charge in [-0.3, -0.25) is 0 Å². The van der Waals surface area contributed by atoms with Gasteiger partial charge in [-0.1, -0.05) is 25.5 Å². The molecule has 1 aromatic carbocycles. The summed E-state index contributed by atoms with van der Waals surface area (Å²) >= 11 is 0. The number of hydrogen-bond donors (Lipinski definition) is 1. The maximum atomic E-state index is 9.39. The van der Waals surface area contributed by atoms with Gasteiger partial charge in [0.1, 0.15) is 0 Å². The van der Waals surface area contributed by atoms with Gasteiger partial charge in [0.25, 0.3) is 5.95 Å². The van der Waals surface area contributed by atoms with E-state index in [-0.39, 0.29) is 23.0 Å². The number of ether oxygens (including phenoxy) is 1. The minimum Gasteiger partial charge on any atom is -0.481 e. The molecule has 0 atom stereocenters. The van der Waals surface area contributed by atoms with Gasteiger partial charge in [-0.05, 0) is 24.5 Å². The Morgan fingerprint density at radius 2 is 2.00 bits per heavy atom. The van der Waals surface area contributed by atoms with Crippen molar-refractivity contribution in [2.24, 2.45) is 0 Å². The molecular weight excluding hydrogens is 280 g/mol. The van der Waals surface area contributed by atoms with Gasteiger partial charge < -0.3 is 9.84 Å². The number of hydrogen-bond acceptors (Lipinski definition) is 2. The van der Waals surface area contributed by atoms with E-state index in [4.69, 9.17) is 4.74 Å². The summed E-state index contributed by atoms with van der Waals surface area (Å²) in [5, 5.41) is 9.39. The van der Waals surface area contributed by atoms with Crippen molar-refractivity contribution >= 4 is 0 Å². The molecule has 0 amide bonds. The van der Waals surface area contributed by atoms with Crippen LogP contribution in [0.15, 0.2) is 65.7 Å². The van der Waals surface area contributed by atoms with Crippen molar-refractivity contribution in [3.8, 4) is 0 Å².